The molecule has 2 heterocycles. The van der Waals surface area contributed by atoms with Crippen molar-refractivity contribution >= 4 is 12.4 Å². The molecule has 21 heavy (non-hydrogen) atoms. The van der Waals surface area contributed by atoms with E-state index >= 15 is 0 Å². The fraction of sp³-hybridized carbons (Fsp3) is 0.688. The Hall–Kier alpha value is -0.740. The molecular formula is C16H27ClF2N2. The van der Waals surface area contributed by atoms with Crippen LogP contribution in [0.4, 0.5) is 8.78 Å². The number of nitrogens with one attached hydrogen (secondary N) is 1. The van der Waals surface area contributed by atoms with Crippen LogP contribution in [0.1, 0.15) is 51.6 Å². The summed E-state index contributed by atoms with van der Waals surface area (Å²) >= 11 is 0. The molecule has 0 bridgehead atoms. The molecule has 0 spiro atoms. The monoisotopic (exact) mass is 320 g/mol. The molecule has 1 aliphatic rings. The van der Waals surface area contributed by atoms with Gasteiger partial charge in [0.1, 0.15) is 12.0 Å². The van der Waals surface area contributed by atoms with E-state index in [4.69, 9.17) is 0 Å². The van der Waals surface area contributed by atoms with Crippen molar-refractivity contribution in [2.45, 2.75) is 64.6 Å². The first-order valence-electron chi connectivity index (χ1n) is 7.63. The third-order valence-electron chi connectivity index (χ3n) is 3.39. The molecule has 0 radical (unpaired) electrons. The molecule has 5 heteroatoms. The Kier molecular flexibility index (Phi) is 11.5. The van der Waals surface area contributed by atoms with Gasteiger partial charge in [0.05, 0.1) is 6.20 Å². The molecule has 2 unspecified atom stereocenters. The van der Waals surface area contributed by atoms with Gasteiger partial charge in [-0.25, -0.2) is 8.78 Å². The summed E-state index contributed by atoms with van der Waals surface area (Å²) in [7, 11) is 0. The molecule has 0 aliphatic carbocycles. The van der Waals surface area contributed by atoms with Crippen LogP contribution in [0.15, 0.2) is 18.3 Å². The second kappa shape index (κ2) is 11.9. The van der Waals surface area contributed by atoms with Crippen LogP contribution in [0.25, 0.3) is 0 Å². The zero-order chi connectivity index (χ0) is 14.8. The van der Waals surface area contributed by atoms with Crippen LogP contribution >= 0.6 is 12.4 Å². The Morgan fingerprint density at radius 1 is 1.24 bits per heavy atom. The quantitative estimate of drug-likeness (QED) is 0.885. The van der Waals surface area contributed by atoms with E-state index in [0.717, 1.165) is 31.4 Å². The van der Waals surface area contributed by atoms with E-state index in [1.807, 2.05) is 0 Å². The number of hydrogen-bond donors (Lipinski definition) is 1. The van der Waals surface area contributed by atoms with Crippen LogP contribution in [0.3, 0.4) is 0 Å². The van der Waals surface area contributed by atoms with Crippen molar-refractivity contribution in [3.05, 3.63) is 29.8 Å². The SMILES string of the molecule is CCCC1CCC(F)CN1.CCCc1ccc(F)cn1.Cl. The third-order valence-corrected chi connectivity index (χ3v) is 3.39. The van der Waals surface area contributed by atoms with Crippen molar-refractivity contribution in [1.29, 1.82) is 0 Å². The zero-order valence-electron chi connectivity index (χ0n) is 12.9. The van der Waals surface area contributed by atoms with Crippen molar-refractivity contribution in [3.63, 3.8) is 0 Å². The van der Waals surface area contributed by atoms with Crippen molar-refractivity contribution in [2.75, 3.05) is 6.54 Å². The molecule has 1 aromatic heterocycles. The van der Waals surface area contributed by atoms with E-state index in [-0.39, 0.29) is 18.2 Å². The standard InChI is InChI=1S/C8H16FN.C8H10FN.ClH/c2*1-2-3-8-5-4-7(9)6-10-8;/h7-8,10H,2-6H2,1H3;4-6H,2-3H2,1H3;1H. The summed E-state index contributed by atoms with van der Waals surface area (Å²) in [6, 6.07) is 3.76. The molecule has 122 valence electrons. The van der Waals surface area contributed by atoms with Crippen LogP contribution < -0.4 is 5.32 Å². The number of aryl methyl sites for hydroxylation is 1. The summed E-state index contributed by atoms with van der Waals surface area (Å²) in [6.45, 7) is 4.82. The Balaban J connectivity index is 0.000000364. The highest BCUT2D eigenvalue weighted by molar-refractivity contribution is 5.85. The summed E-state index contributed by atoms with van der Waals surface area (Å²) in [5, 5.41) is 3.19. The number of hydrogen-bond acceptors (Lipinski definition) is 2. The van der Waals surface area contributed by atoms with E-state index < -0.39 is 6.17 Å². The summed E-state index contributed by atoms with van der Waals surface area (Å²) in [5.74, 6) is -0.264. The van der Waals surface area contributed by atoms with Crippen LogP contribution in [-0.2, 0) is 6.42 Å². The molecule has 1 saturated heterocycles. The predicted molar refractivity (Wildman–Crippen MR) is 86.3 cm³/mol. The van der Waals surface area contributed by atoms with E-state index in [9.17, 15) is 8.78 Å². The average Bonchev–Trinajstić information content (AvgIpc) is 2.45. The number of nitrogens with zero attached hydrogens (tertiary/aromatic N) is 1. The van der Waals surface area contributed by atoms with Gasteiger partial charge in [-0.3, -0.25) is 4.98 Å². The summed E-state index contributed by atoms with van der Waals surface area (Å²) in [4.78, 5) is 3.89. The van der Waals surface area contributed by atoms with Gasteiger partial charge in [0.15, 0.2) is 0 Å². The normalized spacial score (nSPS) is 21.0. The van der Waals surface area contributed by atoms with Gasteiger partial charge in [-0.05, 0) is 37.8 Å². The molecule has 1 N–H and O–H groups in total. The van der Waals surface area contributed by atoms with Gasteiger partial charge >= 0.3 is 0 Å². The maximum Gasteiger partial charge on any atom is 0.141 e. The lowest BCUT2D eigenvalue weighted by Crippen LogP contribution is -2.39. The van der Waals surface area contributed by atoms with E-state index in [1.165, 1.54) is 25.1 Å². The lowest BCUT2D eigenvalue weighted by molar-refractivity contribution is 0.227. The molecule has 0 saturated carbocycles. The fourth-order valence-electron chi connectivity index (χ4n) is 2.29. The lowest BCUT2D eigenvalue weighted by Gasteiger charge is -2.25. The second-order valence-electron chi connectivity index (χ2n) is 5.29. The summed E-state index contributed by atoms with van der Waals surface area (Å²) in [6.07, 6.45) is 6.84. The molecule has 2 nitrogen and oxygen atoms in total. The minimum absolute atomic E-state index is 0. The molecular weight excluding hydrogens is 294 g/mol. The maximum absolute atomic E-state index is 12.5. The van der Waals surface area contributed by atoms with E-state index in [0.29, 0.717) is 12.6 Å². The van der Waals surface area contributed by atoms with Gasteiger partial charge in [0.25, 0.3) is 0 Å². The van der Waals surface area contributed by atoms with Gasteiger partial charge in [0.2, 0.25) is 0 Å². The molecule has 2 atom stereocenters. The third kappa shape index (κ3) is 8.99. The highest BCUT2D eigenvalue weighted by atomic mass is 35.5. The molecule has 1 fully saturated rings. The molecule has 0 aromatic carbocycles. The molecule has 1 aromatic rings. The highest BCUT2D eigenvalue weighted by Crippen LogP contribution is 2.13. The van der Waals surface area contributed by atoms with E-state index in [2.05, 4.69) is 24.1 Å². The Morgan fingerprint density at radius 2 is 2.00 bits per heavy atom. The second-order valence-corrected chi connectivity index (χ2v) is 5.29. The largest absolute Gasteiger partial charge is 0.311 e. The minimum atomic E-state index is -0.590. The molecule has 0 amide bonds. The lowest BCUT2D eigenvalue weighted by atomic mass is 10.0. The number of pyridine rings is 1. The Labute approximate surface area is 133 Å². The van der Waals surface area contributed by atoms with Crippen molar-refractivity contribution in [1.82, 2.24) is 10.3 Å². The van der Waals surface area contributed by atoms with Gasteiger partial charge in [0, 0.05) is 18.3 Å². The first-order valence-corrected chi connectivity index (χ1v) is 7.63. The van der Waals surface area contributed by atoms with Gasteiger partial charge < -0.3 is 5.32 Å². The van der Waals surface area contributed by atoms with Gasteiger partial charge in [-0.2, -0.15) is 0 Å². The number of piperidine rings is 1. The predicted octanol–water partition coefficient (Wildman–Crippen LogP) is 4.47. The first-order chi connectivity index (χ1) is 9.65. The smallest absolute Gasteiger partial charge is 0.141 e. The summed E-state index contributed by atoms with van der Waals surface area (Å²) in [5.41, 5.74) is 0.962. The summed E-state index contributed by atoms with van der Waals surface area (Å²) < 4.78 is 24.8. The number of rotatable bonds is 4. The zero-order valence-corrected chi connectivity index (χ0v) is 13.8. The fourth-order valence-corrected chi connectivity index (χ4v) is 2.29. The Bertz CT molecular complexity index is 352. The topological polar surface area (TPSA) is 24.9 Å². The highest BCUT2D eigenvalue weighted by Gasteiger charge is 2.18. The molecule has 1 aliphatic heterocycles. The van der Waals surface area contributed by atoms with Crippen molar-refractivity contribution in [3.8, 4) is 0 Å². The van der Waals surface area contributed by atoms with Crippen LogP contribution in [0, 0.1) is 5.82 Å². The van der Waals surface area contributed by atoms with E-state index in [1.54, 1.807) is 6.07 Å². The average molecular weight is 321 g/mol. The number of alkyl halides is 1. The van der Waals surface area contributed by atoms with Crippen molar-refractivity contribution in [2.24, 2.45) is 0 Å². The minimum Gasteiger partial charge on any atom is -0.311 e. The first kappa shape index (κ1) is 20.3. The number of halogens is 3. The van der Waals surface area contributed by atoms with Crippen LogP contribution in [0.5, 0.6) is 0 Å². The van der Waals surface area contributed by atoms with Crippen LogP contribution in [0.2, 0.25) is 0 Å². The molecule has 2 rings (SSSR count). The Morgan fingerprint density at radius 3 is 2.48 bits per heavy atom. The van der Waals surface area contributed by atoms with Gasteiger partial charge in [-0.1, -0.05) is 26.7 Å². The number of aromatic nitrogens is 1. The van der Waals surface area contributed by atoms with Crippen LogP contribution in [-0.4, -0.2) is 23.7 Å². The maximum atomic E-state index is 12.5. The van der Waals surface area contributed by atoms with Gasteiger partial charge in [-0.15, -0.1) is 12.4 Å². The van der Waals surface area contributed by atoms with Crippen molar-refractivity contribution < 1.29 is 8.78 Å².